The zero-order chi connectivity index (χ0) is 14.9. The number of hydrogen-bond acceptors (Lipinski definition) is 4. The van der Waals surface area contributed by atoms with Gasteiger partial charge in [0.05, 0.1) is 16.4 Å². The molecule has 1 atom stereocenters. The van der Waals surface area contributed by atoms with E-state index in [1.54, 1.807) is 11.8 Å². The fraction of sp³-hybridized carbons (Fsp3) is 0.462. The lowest BCUT2D eigenvalue weighted by Gasteiger charge is -2.24. The smallest absolute Gasteiger partial charge is 0.311 e. The molecule has 1 aromatic carbocycles. The van der Waals surface area contributed by atoms with Crippen LogP contribution in [0.15, 0.2) is 18.2 Å². The summed E-state index contributed by atoms with van der Waals surface area (Å²) in [6.07, 6.45) is 0.876. The van der Waals surface area contributed by atoms with E-state index >= 15 is 0 Å². The summed E-state index contributed by atoms with van der Waals surface area (Å²) in [7, 11) is 0. The zero-order valence-electron chi connectivity index (χ0n) is 11.0. The molecule has 0 radical (unpaired) electrons. The average molecular weight is 282 g/mol. The summed E-state index contributed by atoms with van der Waals surface area (Å²) in [5.41, 5.74) is -0.947. The lowest BCUT2D eigenvalue weighted by Crippen LogP contribution is -2.34. The summed E-state index contributed by atoms with van der Waals surface area (Å²) in [6.45, 7) is 2.40. The van der Waals surface area contributed by atoms with Crippen molar-refractivity contribution in [3.63, 3.8) is 0 Å². The van der Waals surface area contributed by atoms with E-state index in [1.165, 1.54) is 6.07 Å². The van der Waals surface area contributed by atoms with Crippen molar-refractivity contribution >= 4 is 17.3 Å². The second-order valence-electron chi connectivity index (χ2n) is 5.00. The van der Waals surface area contributed by atoms with Crippen LogP contribution in [0.5, 0.6) is 0 Å². The maximum Gasteiger partial charge on any atom is 0.311 e. The second kappa shape index (κ2) is 5.07. The first-order chi connectivity index (χ1) is 9.39. The van der Waals surface area contributed by atoms with Crippen LogP contribution in [-0.4, -0.2) is 29.1 Å². The predicted octanol–water partition coefficient (Wildman–Crippen LogP) is 2.43. The number of hydrogen-bond donors (Lipinski definition) is 1. The first-order valence-corrected chi connectivity index (χ1v) is 6.32. The van der Waals surface area contributed by atoms with Gasteiger partial charge < -0.3 is 10.0 Å². The third-order valence-corrected chi connectivity index (χ3v) is 3.96. The summed E-state index contributed by atoms with van der Waals surface area (Å²) in [5.74, 6) is -1.58. The summed E-state index contributed by atoms with van der Waals surface area (Å²) < 4.78 is 13.1. The Morgan fingerprint density at radius 2 is 2.30 bits per heavy atom. The number of nitrogens with zero attached hydrogens (tertiary/aromatic N) is 2. The lowest BCUT2D eigenvalue weighted by atomic mass is 9.84. The lowest BCUT2D eigenvalue weighted by molar-refractivity contribution is -0.384. The molecule has 0 saturated carbocycles. The second-order valence-corrected chi connectivity index (χ2v) is 5.00. The monoisotopic (exact) mass is 282 g/mol. The van der Waals surface area contributed by atoms with Crippen LogP contribution in [0.4, 0.5) is 15.8 Å². The Bertz CT molecular complexity index is 563. The van der Waals surface area contributed by atoms with E-state index in [1.807, 2.05) is 0 Å². The van der Waals surface area contributed by atoms with E-state index in [2.05, 4.69) is 0 Å². The van der Waals surface area contributed by atoms with E-state index in [0.717, 1.165) is 12.1 Å². The Morgan fingerprint density at radius 3 is 2.80 bits per heavy atom. The van der Waals surface area contributed by atoms with Crippen molar-refractivity contribution in [1.29, 1.82) is 0 Å². The van der Waals surface area contributed by atoms with E-state index in [-0.39, 0.29) is 17.9 Å². The number of anilines is 1. The molecule has 108 valence electrons. The molecule has 1 N–H and O–H groups in total. The van der Waals surface area contributed by atoms with Gasteiger partial charge in [-0.25, -0.2) is 4.39 Å². The number of carboxylic acids is 1. The van der Waals surface area contributed by atoms with Crippen molar-refractivity contribution in [2.24, 2.45) is 5.41 Å². The maximum atomic E-state index is 13.1. The average Bonchev–Trinajstić information content (AvgIpc) is 2.84. The number of rotatable bonds is 4. The molecule has 2 rings (SSSR count). The Balaban J connectivity index is 2.35. The first kappa shape index (κ1) is 14.2. The van der Waals surface area contributed by atoms with Crippen LogP contribution >= 0.6 is 0 Å². The van der Waals surface area contributed by atoms with Gasteiger partial charge in [-0.3, -0.25) is 14.9 Å². The van der Waals surface area contributed by atoms with Crippen LogP contribution in [0.3, 0.4) is 0 Å². The molecule has 0 amide bonds. The van der Waals surface area contributed by atoms with Crippen molar-refractivity contribution in [3.8, 4) is 0 Å². The minimum absolute atomic E-state index is 0.200. The molecular weight excluding hydrogens is 267 g/mol. The van der Waals surface area contributed by atoms with Gasteiger partial charge >= 0.3 is 5.97 Å². The molecule has 0 bridgehead atoms. The highest BCUT2D eigenvalue weighted by molar-refractivity contribution is 5.77. The number of nitro benzene ring substituents is 1. The van der Waals surface area contributed by atoms with Gasteiger partial charge in [0.15, 0.2) is 0 Å². The van der Waals surface area contributed by atoms with Gasteiger partial charge in [-0.1, -0.05) is 6.92 Å². The van der Waals surface area contributed by atoms with Gasteiger partial charge in [0.2, 0.25) is 0 Å². The summed E-state index contributed by atoms with van der Waals surface area (Å²) in [6, 6.07) is 3.35. The normalized spacial score (nSPS) is 22.0. The highest BCUT2D eigenvalue weighted by atomic mass is 19.1. The molecule has 1 aliphatic rings. The molecular formula is C13H15FN2O4. The molecule has 7 heteroatoms. The molecule has 0 aromatic heterocycles. The molecule has 6 nitrogen and oxygen atoms in total. The molecule has 0 spiro atoms. The Morgan fingerprint density at radius 1 is 1.60 bits per heavy atom. The van der Waals surface area contributed by atoms with Gasteiger partial charge in [0, 0.05) is 13.1 Å². The van der Waals surface area contributed by atoms with Gasteiger partial charge in [-0.05, 0) is 25.0 Å². The summed E-state index contributed by atoms with van der Waals surface area (Å²) >= 11 is 0. The molecule has 1 aromatic rings. The van der Waals surface area contributed by atoms with Gasteiger partial charge in [-0.2, -0.15) is 0 Å². The fourth-order valence-electron chi connectivity index (χ4n) is 2.60. The Hall–Kier alpha value is -2.18. The molecule has 1 fully saturated rings. The van der Waals surface area contributed by atoms with Gasteiger partial charge in [-0.15, -0.1) is 0 Å². The third-order valence-electron chi connectivity index (χ3n) is 3.96. The van der Waals surface area contributed by atoms with Crippen molar-refractivity contribution in [3.05, 3.63) is 34.1 Å². The summed E-state index contributed by atoms with van der Waals surface area (Å²) in [4.78, 5) is 23.4. The molecule has 0 aliphatic carbocycles. The largest absolute Gasteiger partial charge is 0.481 e. The molecule has 20 heavy (non-hydrogen) atoms. The first-order valence-electron chi connectivity index (χ1n) is 6.32. The van der Waals surface area contributed by atoms with E-state index in [4.69, 9.17) is 0 Å². The fourth-order valence-corrected chi connectivity index (χ4v) is 2.60. The van der Waals surface area contributed by atoms with Gasteiger partial charge in [0.1, 0.15) is 11.5 Å². The molecule has 1 saturated heterocycles. The molecule has 1 aliphatic heterocycles. The number of benzene rings is 1. The minimum Gasteiger partial charge on any atom is -0.481 e. The third kappa shape index (κ3) is 2.31. The highest BCUT2D eigenvalue weighted by Gasteiger charge is 2.44. The van der Waals surface area contributed by atoms with Crippen molar-refractivity contribution in [2.45, 2.75) is 19.8 Å². The standard InChI is InChI=1S/C13H15FN2O4/c1-2-13(12(17)18)5-6-15(8-13)10-4-3-9(14)7-11(10)16(19)20/h3-4,7H,2,5-6,8H2,1H3,(H,17,18). The number of nitro groups is 1. The number of halogens is 1. The van der Waals surface area contributed by atoms with Crippen LogP contribution in [0, 0.1) is 21.3 Å². The van der Waals surface area contributed by atoms with Crippen LogP contribution in [0.25, 0.3) is 0 Å². The van der Waals surface area contributed by atoms with Crippen molar-refractivity contribution in [1.82, 2.24) is 0 Å². The number of carbonyl (C=O) groups is 1. The zero-order valence-corrected chi connectivity index (χ0v) is 11.0. The van der Waals surface area contributed by atoms with Crippen LogP contribution in [0.2, 0.25) is 0 Å². The molecule has 1 heterocycles. The van der Waals surface area contributed by atoms with Crippen LogP contribution in [0.1, 0.15) is 19.8 Å². The van der Waals surface area contributed by atoms with Crippen LogP contribution in [-0.2, 0) is 4.79 Å². The number of carboxylic acid groups (broad SMARTS) is 1. The van der Waals surface area contributed by atoms with E-state index in [9.17, 15) is 24.4 Å². The minimum atomic E-state index is -0.896. The summed E-state index contributed by atoms with van der Waals surface area (Å²) in [5, 5.41) is 20.3. The van der Waals surface area contributed by atoms with Gasteiger partial charge in [0.25, 0.3) is 5.69 Å². The van der Waals surface area contributed by atoms with E-state index in [0.29, 0.717) is 19.4 Å². The predicted molar refractivity (Wildman–Crippen MR) is 70.2 cm³/mol. The topological polar surface area (TPSA) is 83.7 Å². The Kier molecular flexibility index (Phi) is 3.61. The van der Waals surface area contributed by atoms with Crippen LogP contribution < -0.4 is 4.90 Å². The highest BCUT2D eigenvalue weighted by Crippen LogP contribution is 2.39. The van der Waals surface area contributed by atoms with Crippen molar-refractivity contribution in [2.75, 3.05) is 18.0 Å². The SMILES string of the molecule is CCC1(C(=O)O)CCN(c2ccc(F)cc2[N+](=O)[O-])C1. The quantitative estimate of drug-likeness (QED) is 0.677. The maximum absolute atomic E-state index is 13.1. The number of aliphatic carboxylic acids is 1. The van der Waals surface area contributed by atoms with Crippen molar-refractivity contribution < 1.29 is 19.2 Å². The Labute approximate surface area is 115 Å². The molecule has 1 unspecified atom stereocenters. The van der Waals surface area contributed by atoms with E-state index < -0.39 is 22.1 Å².